The third-order valence-electron chi connectivity index (χ3n) is 6.66. The molecular formula is C26H23ClN4O4. The number of fused-ring (bicyclic) bond motifs is 2. The predicted octanol–water partition coefficient (Wildman–Crippen LogP) is 6.22. The first-order chi connectivity index (χ1) is 16.9. The normalized spacial score (nSPS) is 14.9. The van der Waals surface area contributed by atoms with Gasteiger partial charge in [-0.2, -0.15) is 0 Å². The Morgan fingerprint density at radius 1 is 1.06 bits per heavy atom. The van der Waals surface area contributed by atoms with E-state index in [1.165, 1.54) is 0 Å². The molecule has 0 N–H and O–H groups in total. The second-order valence-electron chi connectivity index (χ2n) is 9.06. The largest absolute Gasteiger partial charge is 0.466 e. The van der Waals surface area contributed by atoms with E-state index in [0.29, 0.717) is 52.1 Å². The third kappa shape index (κ3) is 3.78. The average Bonchev–Trinajstić information content (AvgIpc) is 3.54. The molecule has 4 aromatic heterocycles. The quantitative estimate of drug-likeness (QED) is 0.296. The summed E-state index contributed by atoms with van der Waals surface area (Å²) < 4.78 is 17.1. The molecule has 1 fully saturated rings. The molecule has 8 nitrogen and oxygen atoms in total. The summed E-state index contributed by atoms with van der Waals surface area (Å²) in [5, 5.41) is 5.34. The Morgan fingerprint density at radius 3 is 2.60 bits per heavy atom. The number of rotatable bonds is 3. The molecule has 1 aromatic carbocycles. The maximum atomic E-state index is 13.7. The van der Waals surface area contributed by atoms with Gasteiger partial charge in [0.25, 0.3) is 11.6 Å². The Hall–Kier alpha value is -3.65. The standard InChI is InChI=1S/C26H23ClN4O4/c1-13-10-18(15(3)33-13)20-12-19(23-14(2)30-35-25(23)28-20)26(32)31-8-6-16(7-9-31)24-29-21-11-17(27)4-5-22(21)34-24/h4-5,10-12,16H,6-9H2,1-3H3. The Morgan fingerprint density at radius 2 is 1.86 bits per heavy atom. The molecule has 0 aliphatic carbocycles. The second-order valence-corrected chi connectivity index (χ2v) is 9.50. The van der Waals surface area contributed by atoms with Gasteiger partial charge in [0.15, 0.2) is 11.5 Å². The zero-order valence-corrected chi connectivity index (χ0v) is 20.3. The van der Waals surface area contributed by atoms with E-state index in [1.54, 1.807) is 12.1 Å². The molecule has 0 spiro atoms. The maximum Gasteiger partial charge on any atom is 0.259 e. The van der Waals surface area contributed by atoms with E-state index >= 15 is 0 Å². The lowest BCUT2D eigenvalue weighted by molar-refractivity contribution is 0.0708. The molecule has 6 rings (SSSR count). The number of pyridine rings is 1. The second kappa shape index (κ2) is 8.23. The van der Waals surface area contributed by atoms with Gasteiger partial charge in [0.1, 0.15) is 17.0 Å². The van der Waals surface area contributed by atoms with Crippen LogP contribution in [0.4, 0.5) is 0 Å². The van der Waals surface area contributed by atoms with Crippen molar-refractivity contribution in [2.45, 2.75) is 39.5 Å². The van der Waals surface area contributed by atoms with Gasteiger partial charge < -0.3 is 18.3 Å². The minimum atomic E-state index is -0.0642. The van der Waals surface area contributed by atoms with E-state index in [4.69, 9.17) is 25.0 Å². The third-order valence-corrected chi connectivity index (χ3v) is 6.90. The molecule has 5 aromatic rings. The van der Waals surface area contributed by atoms with E-state index in [0.717, 1.165) is 41.0 Å². The summed E-state index contributed by atoms with van der Waals surface area (Å²) in [7, 11) is 0. The molecular weight excluding hydrogens is 468 g/mol. The molecule has 0 radical (unpaired) electrons. The SMILES string of the molecule is Cc1cc(-c2cc(C(=O)N3CCC(c4nc5cc(Cl)ccc5o4)CC3)c3c(C)noc3n2)c(C)o1. The van der Waals surface area contributed by atoms with Crippen LogP contribution in [-0.4, -0.2) is 39.0 Å². The number of halogens is 1. The van der Waals surface area contributed by atoms with Crippen molar-refractivity contribution in [2.24, 2.45) is 0 Å². The summed E-state index contributed by atoms with van der Waals surface area (Å²) in [6.45, 7) is 6.77. The van der Waals surface area contributed by atoms with Gasteiger partial charge in [0.05, 0.1) is 22.3 Å². The van der Waals surface area contributed by atoms with Crippen molar-refractivity contribution in [1.82, 2.24) is 20.0 Å². The first-order valence-corrected chi connectivity index (χ1v) is 11.9. The number of carbonyl (C=O) groups is 1. The van der Waals surface area contributed by atoms with E-state index in [1.807, 2.05) is 43.9 Å². The summed E-state index contributed by atoms with van der Waals surface area (Å²) in [5.41, 5.74) is 4.47. The Bertz CT molecular complexity index is 1590. The number of aromatic nitrogens is 3. The van der Waals surface area contributed by atoms with Crippen LogP contribution in [-0.2, 0) is 0 Å². The molecule has 0 unspecified atom stereocenters. The van der Waals surface area contributed by atoms with Crippen molar-refractivity contribution in [1.29, 1.82) is 0 Å². The van der Waals surface area contributed by atoms with Crippen molar-refractivity contribution in [3.05, 3.63) is 64.0 Å². The van der Waals surface area contributed by atoms with Crippen molar-refractivity contribution in [3.8, 4) is 11.3 Å². The van der Waals surface area contributed by atoms with Gasteiger partial charge in [-0.05, 0) is 63.9 Å². The Labute approximate surface area is 205 Å². The number of benzene rings is 1. The number of hydrogen-bond donors (Lipinski definition) is 0. The van der Waals surface area contributed by atoms with Crippen molar-refractivity contribution < 1.29 is 18.2 Å². The highest BCUT2D eigenvalue weighted by Gasteiger charge is 2.30. The molecule has 1 saturated heterocycles. The van der Waals surface area contributed by atoms with E-state index in [2.05, 4.69) is 15.1 Å². The van der Waals surface area contributed by atoms with E-state index in [-0.39, 0.29) is 11.8 Å². The lowest BCUT2D eigenvalue weighted by Crippen LogP contribution is -2.38. The van der Waals surface area contributed by atoms with Crippen molar-refractivity contribution in [3.63, 3.8) is 0 Å². The van der Waals surface area contributed by atoms with Gasteiger partial charge >= 0.3 is 0 Å². The molecule has 0 atom stereocenters. The molecule has 5 heterocycles. The van der Waals surface area contributed by atoms with Gasteiger partial charge in [-0.1, -0.05) is 16.8 Å². The highest BCUT2D eigenvalue weighted by molar-refractivity contribution is 6.31. The van der Waals surface area contributed by atoms with Crippen LogP contribution in [0.15, 0.2) is 43.7 Å². The molecule has 178 valence electrons. The lowest BCUT2D eigenvalue weighted by atomic mass is 9.95. The molecule has 1 aliphatic rings. The number of oxazole rings is 1. The lowest BCUT2D eigenvalue weighted by Gasteiger charge is -2.30. The Kier molecular flexibility index (Phi) is 5.14. The summed E-state index contributed by atoms with van der Waals surface area (Å²) >= 11 is 6.08. The summed E-state index contributed by atoms with van der Waals surface area (Å²) in [5.74, 6) is 2.30. The van der Waals surface area contributed by atoms with Gasteiger partial charge in [-0.3, -0.25) is 4.79 Å². The Balaban J connectivity index is 1.28. The number of piperidine rings is 1. The predicted molar refractivity (Wildman–Crippen MR) is 131 cm³/mol. The van der Waals surface area contributed by atoms with Gasteiger partial charge in [0.2, 0.25) is 0 Å². The van der Waals surface area contributed by atoms with Crippen molar-refractivity contribution in [2.75, 3.05) is 13.1 Å². The summed E-state index contributed by atoms with van der Waals surface area (Å²) in [4.78, 5) is 24.8. The fraction of sp³-hybridized carbons (Fsp3) is 0.308. The van der Waals surface area contributed by atoms with E-state index < -0.39 is 0 Å². The monoisotopic (exact) mass is 490 g/mol. The zero-order valence-electron chi connectivity index (χ0n) is 19.6. The van der Waals surface area contributed by atoms with Crippen LogP contribution in [0.25, 0.3) is 33.5 Å². The van der Waals surface area contributed by atoms with E-state index in [9.17, 15) is 4.79 Å². The molecule has 1 aliphatic heterocycles. The zero-order chi connectivity index (χ0) is 24.3. The number of likely N-dealkylation sites (tertiary alicyclic amines) is 1. The summed E-state index contributed by atoms with van der Waals surface area (Å²) in [6, 6.07) is 9.18. The van der Waals surface area contributed by atoms with Gasteiger partial charge in [-0.15, -0.1) is 0 Å². The van der Waals surface area contributed by atoms with Crippen LogP contribution in [0.5, 0.6) is 0 Å². The molecule has 35 heavy (non-hydrogen) atoms. The molecule has 9 heteroatoms. The highest BCUT2D eigenvalue weighted by atomic mass is 35.5. The highest BCUT2D eigenvalue weighted by Crippen LogP contribution is 2.34. The molecule has 0 bridgehead atoms. The van der Waals surface area contributed by atoms with Crippen molar-refractivity contribution >= 4 is 39.7 Å². The number of carbonyl (C=O) groups excluding carboxylic acids is 1. The molecule has 0 saturated carbocycles. The number of amides is 1. The van der Waals surface area contributed by atoms with Crippen LogP contribution >= 0.6 is 11.6 Å². The number of furan rings is 1. The first-order valence-electron chi connectivity index (χ1n) is 11.6. The van der Waals surface area contributed by atoms with Crippen LogP contribution < -0.4 is 0 Å². The smallest absolute Gasteiger partial charge is 0.259 e. The topological polar surface area (TPSA) is 98.4 Å². The van der Waals surface area contributed by atoms with Gasteiger partial charge in [-0.25, -0.2) is 9.97 Å². The first kappa shape index (κ1) is 21.9. The number of hydrogen-bond acceptors (Lipinski definition) is 7. The van der Waals surface area contributed by atoms with Crippen LogP contribution in [0.1, 0.15) is 52.2 Å². The fourth-order valence-corrected chi connectivity index (χ4v) is 5.05. The van der Waals surface area contributed by atoms with Crippen LogP contribution in [0, 0.1) is 20.8 Å². The minimum absolute atomic E-state index is 0.0642. The van der Waals surface area contributed by atoms with Crippen LogP contribution in [0.2, 0.25) is 5.02 Å². The number of aryl methyl sites for hydroxylation is 3. The van der Waals surface area contributed by atoms with Gasteiger partial charge in [0, 0.05) is 29.6 Å². The maximum absolute atomic E-state index is 13.7. The average molecular weight is 491 g/mol. The molecule has 1 amide bonds. The number of nitrogens with zero attached hydrogens (tertiary/aromatic N) is 4. The van der Waals surface area contributed by atoms with Crippen LogP contribution in [0.3, 0.4) is 0 Å². The minimum Gasteiger partial charge on any atom is -0.466 e. The summed E-state index contributed by atoms with van der Waals surface area (Å²) in [6.07, 6.45) is 1.52. The fourth-order valence-electron chi connectivity index (χ4n) is 4.88.